The van der Waals surface area contributed by atoms with Crippen molar-refractivity contribution >= 4 is 11.9 Å². The van der Waals surface area contributed by atoms with E-state index in [1.54, 1.807) is 4.90 Å². The minimum atomic E-state index is -1.16. The summed E-state index contributed by atoms with van der Waals surface area (Å²) in [7, 11) is 0. The Morgan fingerprint density at radius 2 is 1.77 bits per heavy atom. The van der Waals surface area contributed by atoms with Crippen molar-refractivity contribution in [2.24, 2.45) is 0 Å². The Kier molecular flexibility index (Phi) is 3.70. The fourth-order valence-corrected chi connectivity index (χ4v) is 1.28. The Hall–Kier alpha value is -1.10. The molecular weight excluding hydrogens is 172 g/mol. The van der Waals surface area contributed by atoms with Crippen molar-refractivity contribution in [1.82, 2.24) is 10.2 Å². The van der Waals surface area contributed by atoms with Crippen LogP contribution in [0.15, 0.2) is 0 Å². The quantitative estimate of drug-likeness (QED) is 0.623. The van der Waals surface area contributed by atoms with Crippen molar-refractivity contribution in [2.45, 2.75) is 12.8 Å². The zero-order chi connectivity index (χ0) is 9.68. The van der Waals surface area contributed by atoms with Crippen LogP contribution in [0.2, 0.25) is 0 Å². The molecule has 1 N–H and O–H groups in total. The van der Waals surface area contributed by atoms with Crippen LogP contribution < -0.4 is 5.32 Å². The highest BCUT2D eigenvalue weighted by atomic mass is 16.4. The van der Waals surface area contributed by atoms with Crippen LogP contribution in [0.1, 0.15) is 12.8 Å². The predicted octanol–water partition coefficient (Wildman–Crippen LogP) is -0.844. The normalized spacial score (nSPS) is 17.1. The fourth-order valence-electron chi connectivity index (χ4n) is 1.28. The molecule has 1 rings (SSSR count). The van der Waals surface area contributed by atoms with Gasteiger partial charge in [0.25, 0.3) is 0 Å². The van der Waals surface area contributed by atoms with Gasteiger partial charge in [0.05, 0.1) is 6.42 Å². The minimum absolute atomic E-state index is 0.0579. The number of nitrogens with zero attached hydrogens (tertiary/aromatic N) is 1. The number of rotatable bonds is 3. The van der Waals surface area contributed by atoms with Gasteiger partial charge in [0.15, 0.2) is 0 Å². The maximum Gasteiger partial charge on any atom is 0.356 e. The van der Waals surface area contributed by atoms with E-state index in [1.165, 1.54) is 0 Å². The van der Waals surface area contributed by atoms with Crippen LogP contribution in [0, 0.1) is 0 Å². The number of carbonyl (C=O) groups is 2. The molecule has 1 fully saturated rings. The second kappa shape index (κ2) is 4.81. The van der Waals surface area contributed by atoms with Gasteiger partial charge in [-0.1, -0.05) is 0 Å². The Labute approximate surface area is 76.7 Å². The Balaban J connectivity index is 2.25. The molecule has 1 aliphatic heterocycles. The molecule has 0 aromatic heterocycles. The first kappa shape index (κ1) is 9.98. The average molecular weight is 185 g/mol. The highest BCUT2D eigenvalue weighted by molar-refractivity contribution is 5.80. The summed E-state index contributed by atoms with van der Waals surface area (Å²) in [5.74, 6) is -1.26. The topological polar surface area (TPSA) is 69.3 Å². The van der Waals surface area contributed by atoms with Crippen molar-refractivity contribution < 1.29 is 14.7 Å². The van der Waals surface area contributed by atoms with Gasteiger partial charge < -0.3 is 10.2 Å². The van der Waals surface area contributed by atoms with Gasteiger partial charge in [-0.15, -0.1) is 0 Å². The molecule has 5 nitrogen and oxygen atoms in total. The highest BCUT2D eigenvalue weighted by Crippen LogP contribution is 1.99. The summed E-state index contributed by atoms with van der Waals surface area (Å²) in [6.07, 6.45) is -0.120. The van der Waals surface area contributed by atoms with Crippen molar-refractivity contribution in [3.8, 4) is 0 Å². The van der Waals surface area contributed by atoms with E-state index in [0.717, 1.165) is 13.1 Å². The monoisotopic (exact) mass is 185 g/mol. The van der Waals surface area contributed by atoms with Crippen LogP contribution in [0.3, 0.4) is 0 Å². The lowest BCUT2D eigenvalue weighted by atomic mass is 10.2. The van der Waals surface area contributed by atoms with E-state index in [1.807, 2.05) is 0 Å². The van der Waals surface area contributed by atoms with Crippen molar-refractivity contribution in [1.29, 1.82) is 0 Å². The number of carbonyl (C=O) groups excluding carboxylic acids is 2. The van der Waals surface area contributed by atoms with Gasteiger partial charge in [-0.2, -0.15) is 0 Å². The van der Waals surface area contributed by atoms with E-state index < -0.39 is 5.97 Å². The predicted molar refractivity (Wildman–Crippen MR) is 44.4 cm³/mol. The molecule has 0 aliphatic carbocycles. The number of hydrogen-bond donors (Lipinski definition) is 1. The second-order valence-corrected chi connectivity index (χ2v) is 3.00. The van der Waals surface area contributed by atoms with Gasteiger partial charge in [-0.3, -0.25) is 4.79 Å². The van der Waals surface area contributed by atoms with E-state index in [-0.39, 0.29) is 18.7 Å². The summed E-state index contributed by atoms with van der Waals surface area (Å²) < 4.78 is 0. The van der Waals surface area contributed by atoms with Crippen molar-refractivity contribution in [3.05, 3.63) is 0 Å². The summed E-state index contributed by atoms with van der Waals surface area (Å²) in [6, 6.07) is 0. The molecule has 13 heavy (non-hydrogen) atoms. The van der Waals surface area contributed by atoms with Crippen LogP contribution in [0.5, 0.6) is 0 Å². The summed E-state index contributed by atoms with van der Waals surface area (Å²) in [4.78, 5) is 23.1. The maximum atomic E-state index is 11.3. The van der Waals surface area contributed by atoms with E-state index in [4.69, 9.17) is 0 Å². The number of hydrogen-bond acceptors (Lipinski definition) is 3. The summed E-state index contributed by atoms with van der Waals surface area (Å²) in [6.45, 7) is 2.92. The van der Waals surface area contributed by atoms with Gasteiger partial charge in [-0.05, 0) is 0 Å². The number of nitrogens with one attached hydrogen (secondary N) is 1. The molecule has 0 aromatic carbocycles. The fraction of sp³-hybridized carbons (Fsp3) is 0.750. The van der Waals surface area contributed by atoms with Crippen LogP contribution >= 0.6 is 0 Å². The van der Waals surface area contributed by atoms with Crippen LogP contribution in [-0.4, -0.2) is 43.0 Å². The minimum Gasteiger partial charge on any atom is -0.340 e. The first-order valence-corrected chi connectivity index (χ1v) is 4.38. The van der Waals surface area contributed by atoms with Gasteiger partial charge >= 0.3 is 5.97 Å². The molecule has 0 saturated carbocycles. The van der Waals surface area contributed by atoms with Crippen LogP contribution in [0.25, 0.3) is 0 Å². The van der Waals surface area contributed by atoms with Gasteiger partial charge in [0.2, 0.25) is 5.91 Å². The molecule has 0 spiro atoms. The lowest BCUT2D eigenvalue weighted by Gasteiger charge is -2.27. The third-order valence-corrected chi connectivity index (χ3v) is 2.01. The average Bonchev–Trinajstić information content (AvgIpc) is 2.15. The Morgan fingerprint density at radius 1 is 1.15 bits per heavy atom. The van der Waals surface area contributed by atoms with E-state index >= 15 is 0 Å². The molecule has 5 heteroatoms. The summed E-state index contributed by atoms with van der Waals surface area (Å²) in [5.41, 5.74) is 0. The molecule has 0 atom stereocenters. The molecule has 1 aliphatic rings. The molecule has 1 saturated heterocycles. The summed E-state index contributed by atoms with van der Waals surface area (Å²) >= 11 is 0. The van der Waals surface area contributed by atoms with E-state index in [0.29, 0.717) is 13.1 Å². The molecule has 1 amide bonds. The van der Waals surface area contributed by atoms with E-state index in [2.05, 4.69) is 5.32 Å². The molecule has 1 radical (unpaired) electrons. The molecule has 0 aromatic rings. The Bertz CT molecular complexity index is 200. The highest BCUT2D eigenvalue weighted by Gasteiger charge is 2.16. The third-order valence-electron chi connectivity index (χ3n) is 2.01. The lowest BCUT2D eigenvalue weighted by Crippen LogP contribution is -2.46. The molecule has 73 valence electrons. The first-order chi connectivity index (χ1) is 6.20. The number of piperazine rings is 1. The summed E-state index contributed by atoms with van der Waals surface area (Å²) in [5, 5.41) is 13.2. The van der Waals surface area contributed by atoms with Gasteiger partial charge in [0.1, 0.15) is 0 Å². The lowest BCUT2D eigenvalue weighted by molar-refractivity contribution is -0.145. The maximum absolute atomic E-state index is 11.3. The molecule has 0 bridgehead atoms. The van der Waals surface area contributed by atoms with Crippen molar-refractivity contribution in [3.63, 3.8) is 0 Å². The van der Waals surface area contributed by atoms with Crippen molar-refractivity contribution in [2.75, 3.05) is 26.2 Å². The van der Waals surface area contributed by atoms with Crippen LogP contribution in [0.4, 0.5) is 0 Å². The standard InChI is InChI=1S/C8H13N2O3/c11-7(1-2-8(12)13)10-5-3-9-4-6-10/h9H,1-6H2. The van der Waals surface area contributed by atoms with Crippen LogP contribution in [-0.2, 0) is 14.7 Å². The molecule has 0 unspecified atom stereocenters. The van der Waals surface area contributed by atoms with E-state index in [9.17, 15) is 14.7 Å². The van der Waals surface area contributed by atoms with Gasteiger partial charge in [0, 0.05) is 32.6 Å². The zero-order valence-electron chi connectivity index (χ0n) is 7.41. The molecule has 1 heterocycles. The third kappa shape index (κ3) is 3.42. The Morgan fingerprint density at radius 3 is 2.31 bits per heavy atom. The zero-order valence-corrected chi connectivity index (χ0v) is 7.41. The second-order valence-electron chi connectivity index (χ2n) is 3.00. The molecular formula is C8H13N2O3. The largest absolute Gasteiger partial charge is 0.356 e. The SMILES string of the molecule is [O]C(=O)CCC(=O)N1CCNCC1. The van der Waals surface area contributed by atoms with Gasteiger partial charge in [-0.25, -0.2) is 9.90 Å². The number of amides is 1. The smallest absolute Gasteiger partial charge is 0.340 e. The first-order valence-electron chi connectivity index (χ1n) is 4.38.